The van der Waals surface area contributed by atoms with Crippen LogP contribution in [0.25, 0.3) is 11.3 Å². The number of nitrogens with two attached hydrogens (primary N) is 1. The Morgan fingerprint density at radius 1 is 1.44 bits per heavy atom. The highest BCUT2D eigenvalue weighted by molar-refractivity contribution is 9.09. The lowest BCUT2D eigenvalue weighted by Crippen LogP contribution is -2.12. The fourth-order valence-corrected chi connectivity index (χ4v) is 1.66. The zero-order valence-corrected chi connectivity index (χ0v) is 11.0. The van der Waals surface area contributed by atoms with Crippen molar-refractivity contribution in [3.05, 3.63) is 30.0 Å². The molecule has 6 nitrogen and oxygen atoms in total. The van der Waals surface area contributed by atoms with Crippen LogP contribution in [0.5, 0.6) is 5.75 Å². The van der Waals surface area contributed by atoms with Crippen LogP contribution >= 0.6 is 15.9 Å². The quantitative estimate of drug-likeness (QED) is 0.815. The minimum Gasteiger partial charge on any atom is -0.493 e. The maximum Gasteiger partial charge on any atom is 0.271 e. The van der Waals surface area contributed by atoms with Crippen LogP contribution in [0, 0.1) is 0 Å². The summed E-state index contributed by atoms with van der Waals surface area (Å²) in [4.78, 5) is 11.2. The van der Waals surface area contributed by atoms with Gasteiger partial charge in [-0.05, 0) is 12.1 Å². The number of nitrogens with one attached hydrogen (secondary N) is 1. The topological polar surface area (TPSA) is 93.9 Å². The van der Waals surface area contributed by atoms with Crippen molar-refractivity contribution in [3.8, 4) is 17.0 Å². The smallest absolute Gasteiger partial charge is 0.271 e. The summed E-state index contributed by atoms with van der Waals surface area (Å²) < 4.78 is 5.47. The second kappa shape index (κ2) is 5.63. The summed E-state index contributed by atoms with van der Waals surface area (Å²) in [6.07, 6.45) is 0. The Morgan fingerprint density at radius 2 is 2.28 bits per heavy atom. The molecular weight excluding hydrogens is 300 g/mol. The molecule has 2 aromatic rings. The molecule has 0 radical (unpaired) electrons. The summed E-state index contributed by atoms with van der Waals surface area (Å²) in [5.41, 5.74) is 6.48. The Hall–Kier alpha value is -1.89. The van der Waals surface area contributed by atoms with Crippen molar-refractivity contribution in [2.75, 3.05) is 11.9 Å². The monoisotopic (exact) mass is 310 g/mol. The van der Waals surface area contributed by atoms with Crippen molar-refractivity contribution in [1.82, 2.24) is 15.4 Å². The van der Waals surface area contributed by atoms with Crippen molar-refractivity contribution in [2.24, 2.45) is 5.73 Å². The third-order valence-electron chi connectivity index (χ3n) is 2.23. The maximum atomic E-state index is 11.2. The summed E-state index contributed by atoms with van der Waals surface area (Å²) in [6, 6.07) is 7.24. The van der Waals surface area contributed by atoms with Crippen LogP contribution in [0.3, 0.4) is 0 Å². The van der Waals surface area contributed by atoms with Gasteiger partial charge in [0, 0.05) is 10.9 Å². The number of primary amides is 1. The van der Waals surface area contributed by atoms with Gasteiger partial charge in [-0.25, -0.2) is 0 Å². The molecule has 0 fully saturated rings. The molecule has 2 rings (SSSR count). The zero-order valence-electron chi connectivity index (χ0n) is 9.39. The Kier molecular flexibility index (Phi) is 3.93. The maximum absolute atomic E-state index is 11.2. The molecule has 1 amide bonds. The number of H-pyrrole nitrogens is 1. The van der Waals surface area contributed by atoms with E-state index >= 15 is 0 Å². The highest BCUT2D eigenvalue weighted by atomic mass is 79.9. The lowest BCUT2D eigenvalue weighted by atomic mass is 10.1. The largest absolute Gasteiger partial charge is 0.493 e. The van der Waals surface area contributed by atoms with Crippen molar-refractivity contribution in [1.29, 1.82) is 0 Å². The normalized spacial score (nSPS) is 10.3. The number of hydrogen-bond donors (Lipinski definition) is 2. The van der Waals surface area contributed by atoms with E-state index in [1.165, 1.54) is 0 Å². The third kappa shape index (κ3) is 2.67. The molecule has 0 aliphatic rings. The lowest BCUT2D eigenvalue weighted by Gasteiger charge is -2.05. The van der Waals surface area contributed by atoms with Crippen molar-refractivity contribution in [2.45, 2.75) is 0 Å². The number of amides is 1. The Balaban J connectivity index is 2.32. The minimum absolute atomic E-state index is 0.118. The van der Waals surface area contributed by atoms with Gasteiger partial charge in [-0.1, -0.05) is 28.1 Å². The Morgan fingerprint density at radius 3 is 3.00 bits per heavy atom. The molecule has 18 heavy (non-hydrogen) atoms. The van der Waals surface area contributed by atoms with E-state index in [2.05, 4.69) is 31.3 Å². The van der Waals surface area contributed by atoms with E-state index in [4.69, 9.17) is 10.5 Å². The van der Waals surface area contributed by atoms with Gasteiger partial charge in [-0.2, -0.15) is 15.4 Å². The second-order valence-electron chi connectivity index (χ2n) is 3.45. The Labute approximate surface area is 112 Å². The molecule has 0 spiro atoms. The zero-order chi connectivity index (χ0) is 13.0. The number of alkyl halides is 1. The van der Waals surface area contributed by atoms with Crippen LogP contribution in [-0.2, 0) is 0 Å². The van der Waals surface area contributed by atoms with Crippen LogP contribution in [-0.4, -0.2) is 33.3 Å². The van der Waals surface area contributed by atoms with Gasteiger partial charge in [-0.15, -0.1) is 0 Å². The van der Waals surface area contributed by atoms with Crippen molar-refractivity contribution in [3.63, 3.8) is 0 Å². The van der Waals surface area contributed by atoms with Crippen LogP contribution in [0.1, 0.15) is 10.5 Å². The van der Waals surface area contributed by atoms with E-state index in [-0.39, 0.29) is 5.69 Å². The van der Waals surface area contributed by atoms with Gasteiger partial charge in [0.1, 0.15) is 11.4 Å². The molecule has 7 heteroatoms. The molecule has 0 saturated carbocycles. The van der Waals surface area contributed by atoms with E-state index in [9.17, 15) is 4.79 Å². The van der Waals surface area contributed by atoms with Gasteiger partial charge in [0.05, 0.1) is 6.61 Å². The predicted molar refractivity (Wildman–Crippen MR) is 69.6 cm³/mol. The van der Waals surface area contributed by atoms with Crippen molar-refractivity contribution >= 4 is 21.8 Å². The molecule has 94 valence electrons. The first kappa shape index (κ1) is 12.6. The van der Waals surface area contributed by atoms with E-state index in [1.807, 2.05) is 18.2 Å². The number of aromatic amines is 1. The number of carbonyl (C=O) groups is 1. The number of carbonyl (C=O) groups excluding carboxylic acids is 1. The molecule has 0 aliphatic heterocycles. The lowest BCUT2D eigenvalue weighted by molar-refractivity contribution is 0.0996. The first-order valence-electron chi connectivity index (χ1n) is 5.22. The number of halogens is 1. The highest BCUT2D eigenvalue weighted by Crippen LogP contribution is 2.23. The number of rotatable bonds is 5. The van der Waals surface area contributed by atoms with E-state index in [0.29, 0.717) is 18.1 Å². The number of nitrogens with zero attached hydrogens (tertiary/aromatic N) is 2. The molecule has 0 bridgehead atoms. The van der Waals surface area contributed by atoms with Gasteiger partial charge >= 0.3 is 0 Å². The van der Waals surface area contributed by atoms with Crippen LogP contribution in [0.4, 0.5) is 0 Å². The number of benzene rings is 1. The molecular formula is C11H11BrN4O2. The average Bonchev–Trinajstić information content (AvgIpc) is 2.86. The minimum atomic E-state index is -0.620. The average molecular weight is 311 g/mol. The highest BCUT2D eigenvalue weighted by Gasteiger charge is 2.15. The number of aromatic nitrogens is 3. The predicted octanol–water partition coefficient (Wildman–Crippen LogP) is 1.34. The molecule has 1 heterocycles. The van der Waals surface area contributed by atoms with E-state index in [0.717, 1.165) is 10.9 Å². The van der Waals surface area contributed by atoms with Crippen LogP contribution in [0.2, 0.25) is 0 Å². The summed E-state index contributed by atoms with van der Waals surface area (Å²) in [7, 11) is 0. The second-order valence-corrected chi connectivity index (χ2v) is 4.24. The summed E-state index contributed by atoms with van der Waals surface area (Å²) in [6.45, 7) is 0.560. The molecule has 0 atom stereocenters. The molecule has 0 aliphatic carbocycles. The number of hydrogen-bond acceptors (Lipinski definition) is 4. The van der Waals surface area contributed by atoms with Crippen molar-refractivity contribution < 1.29 is 9.53 Å². The molecule has 3 N–H and O–H groups in total. The first-order chi connectivity index (χ1) is 8.72. The van der Waals surface area contributed by atoms with Crippen LogP contribution < -0.4 is 10.5 Å². The van der Waals surface area contributed by atoms with E-state index < -0.39 is 5.91 Å². The SMILES string of the molecule is NC(=O)c1n[nH]nc1-c1cccc(OCCBr)c1. The Bertz CT molecular complexity index is 555. The fraction of sp³-hybridized carbons (Fsp3) is 0.182. The van der Waals surface area contributed by atoms with Gasteiger partial charge in [-0.3, -0.25) is 4.79 Å². The summed E-state index contributed by atoms with van der Waals surface area (Å²) in [5.74, 6) is 0.0795. The molecule has 0 saturated heterocycles. The molecule has 0 unspecified atom stereocenters. The third-order valence-corrected chi connectivity index (χ3v) is 2.56. The van der Waals surface area contributed by atoms with E-state index in [1.54, 1.807) is 6.07 Å². The standard InChI is InChI=1S/C11H11BrN4O2/c12-4-5-18-8-3-1-2-7(6-8)9-10(11(13)17)15-16-14-9/h1-3,6H,4-5H2,(H2,13,17)(H,14,15,16). The number of ether oxygens (including phenoxy) is 1. The molecule has 1 aromatic heterocycles. The van der Waals surface area contributed by atoms with Gasteiger partial charge in [0.25, 0.3) is 5.91 Å². The first-order valence-corrected chi connectivity index (χ1v) is 6.34. The fourth-order valence-electron chi connectivity index (χ4n) is 1.49. The van der Waals surface area contributed by atoms with Gasteiger partial charge in [0.2, 0.25) is 0 Å². The molecule has 1 aromatic carbocycles. The van der Waals surface area contributed by atoms with Gasteiger partial charge in [0.15, 0.2) is 5.69 Å². The summed E-state index contributed by atoms with van der Waals surface area (Å²) >= 11 is 3.28. The van der Waals surface area contributed by atoms with Crippen LogP contribution in [0.15, 0.2) is 24.3 Å². The summed E-state index contributed by atoms with van der Waals surface area (Å²) in [5, 5.41) is 10.8. The van der Waals surface area contributed by atoms with Gasteiger partial charge < -0.3 is 10.5 Å².